The Balaban J connectivity index is 1.52. The zero-order valence-corrected chi connectivity index (χ0v) is 24.6. The van der Waals surface area contributed by atoms with Crippen LogP contribution < -0.4 is 14.9 Å². The summed E-state index contributed by atoms with van der Waals surface area (Å²) < 4.78 is 107. The van der Waals surface area contributed by atoms with Crippen molar-refractivity contribution in [3.05, 3.63) is 93.5 Å². The summed E-state index contributed by atoms with van der Waals surface area (Å²) in [7, 11) is -4.23. The average molecular weight is 662 g/mol. The van der Waals surface area contributed by atoms with Crippen LogP contribution in [-0.2, 0) is 33.6 Å². The molecule has 0 aliphatic carbocycles. The Morgan fingerprint density at radius 2 is 1.55 bits per heavy atom. The second kappa shape index (κ2) is 12.7. The number of nitrogens with zero attached hydrogens (tertiary/aromatic N) is 1. The molecule has 1 unspecified atom stereocenters. The summed E-state index contributed by atoms with van der Waals surface area (Å²) in [6, 6.07) is 9.85. The number of nitrogens with one attached hydrogen (secondary N) is 2. The van der Waals surface area contributed by atoms with Crippen LogP contribution in [0.5, 0.6) is 0 Å². The number of hydrogen-bond acceptors (Lipinski definition) is 4. The summed E-state index contributed by atoms with van der Waals surface area (Å²) in [5.74, 6) is -0.651. The Kier molecular flexibility index (Phi) is 9.54. The molecule has 3 aromatic rings. The van der Waals surface area contributed by atoms with Gasteiger partial charge in [0.2, 0.25) is 5.91 Å². The van der Waals surface area contributed by atoms with Crippen molar-refractivity contribution in [3.8, 4) is 0 Å². The molecule has 3 amide bonds. The minimum Gasteiger partial charge on any atom is -0.349 e. The lowest BCUT2D eigenvalue weighted by Gasteiger charge is -2.25. The smallest absolute Gasteiger partial charge is 0.349 e. The highest BCUT2D eigenvalue weighted by Gasteiger charge is 2.37. The molecule has 44 heavy (non-hydrogen) atoms. The maximum absolute atomic E-state index is 13.2. The average Bonchev–Trinajstić information content (AvgIpc) is 3.09. The van der Waals surface area contributed by atoms with E-state index in [-0.39, 0.29) is 40.2 Å². The molecule has 3 aromatic carbocycles. The number of alkyl halides is 6. The zero-order chi connectivity index (χ0) is 32.4. The molecular weight excluding hydrogens is 636 g/mol. The fourth-order valence-corrected chi connectivity index (χ4v) is 5.89. The third-order valence-electron chi connectivity index (χ3n) is 6.95. The Morgan fingerprint density at radius 3 is 2.14 bits per heavy atom. The number of amides is 3. The summed E-state index contributed by atoms with van der Waals surface area (Å²) in [4.78, 5) is 27.1. The van der Waals surface area contributed by atoms with Crippen LogP contribution in [0.3, 0.4) is 0 Å². The largest absolute Gasteiger partial charge is 0.416 e. The van der Waals surface area contributed by atoms with Crippen LogP contribution in [0.1, 0.15) is 53.1 Å². The number of urea groups is 1. The van der Waals surface area contributed by atoms with Gasteiger partial charge in [0.25, 0.3) is 10.0 Å². The molecular formula is C29H26ClF6N3O4S. The molecule has 1 aliphatic rings. The number of aryl methyl sites for hydroxylation is 2. The van der Waals surface area contributed by atoms with Crippen LogP contribution in [0, 0.1) is 6.92 Å². The molecule has 0 saturated heterocycles. The van der Waals surface area contributed by atoms with Gasteiger partial charge in [0, 0.05) is 18.0 Å². The summed E-state index contributed by atoms with van der Waals surface area (Å²) in [5.41, 5.74) is -1.79. The van der Waals surface area contributed by atoms with Gasteiger partial charge in [0.05, 0.1) is 27.8 Å². The minimum atomic E-state index is -5.01. The number of benzene rings is 3. The monoisotopic (exact) mass is 661 g/mol. The van der Waals surface area contributed by atoms with Gasteiger partial charge in [-0.05, 0) is 79.8 Å². The molecule has 1 aliphatic heterocycles. The molecule has 0 spiro atoms. The van der Waals surface area contributed by atoms with E-state index < -0.39 is 64.3 Å². The number of carbonyl (C=O) groups excluding carboxylic acids is 2. The molecule has 0 saturated carbocycles. The lowest BCUT2D eigenvalue weighted by Crippen LogP contribution is -2.43. The number of halogens is 7. The summed E-state index contributed by atoms with van der Waals surface area (Å²) in [6.45, 7) is 1.83. The van der Waals surface area contributed by atoms with E-state index in [0.717, 1.165) is 5.56 Å². The molecule has 4 rings (SSSR count). The first-order chi connectivity index (χ1) is 20.4. The third-order valence-corrected chi connectivity index (χ3v) is 8.53. The number of anilines is 1. The van der Waals surface area contributed by atoms with Gasteiger partial charge < -0.3 is 5.32 Å². The number of rotatable bonds is 6. The van der Waals surface area contributed by atoms with Gasteiger partial charge >= 0.3 is 18.4 Å². The van der Waals surface area contributed by atoms with Crippen molar-refractivity contribution in [3.63, 3.8) is 0 Å². The highest BCUT2D eigenvalue weighted by Crippen LogP contribution is 2.37. The summed E-state index contributed by atoms with van der Waals surface area (Å²) in [5, 5.41) is 2.95. The van der Waals surface area contributed by atoms with Crippen molar-refractivity contribution in [1.82, 2.24) is 10.0 Å². The first-order valence-electron chi connectivity index (χ1n) is 13.2. The lowest BCUT2D eigenvalue weighted by atomic mass is 9.99. The second-order valence-corrected chi connectivity index (χ2v) is 12.4. The van der Waals surface area contributed by atoms with Crippen molar-refractivity contribution in [1.29, 1.82) is 0 Å². The maximum atomic E-state index is 13.2. The topological polar surface area (TPSA) is 95.6 Å². The van der Waals surface area contributed by atoms with Gasteiger partial charge in [0.15, 0.2) is 0 Å². The van der Waals surface area contributed by atoms with Gasteiger partial charge in [-0.2, -0.15) is 26.3 Å². The highest BCUT2D eigenvalue weighted by molar-refractivity contribution is 7.90. The van der Waals surface area contributed by atoms with E-state index in [0.29, 0.717) is 24.1 Å². The molecule has 0 radical (unpaired) electrons. The van der Waals surface area contributed by atoms with E-state index in [2.05, 4.69) is 5.32 Å². The van der Waals surface area contributed by atoms with Gasteiger partial charge in [-0.25, -0.2) is 17.9 Å². The van der Waals surface area contributed by atoms with Crippen molar-refractivity contribution in [2.75, 3.05) is 11.4 Å². The summed E-state index contributed by atoms with van der Waals surface area (Å²) >= 11 is 6.18. The third kappa shape index (κ3) is 8.03. The molecule has 7 nitrogen and oxygen atoms in total. The zero-order valence-electron chi connectivity index (χ0n) is 23.0. The van der Waals surface area contributed by atoms with Crippen LogP contribution in [-0.4, -0.2) is 26.9 Å². The van der Waals surface area contributed by atoms with Crippen molar-refractivity contribution >= 4 is 39.2 Å². The number of hydrogen-bond donors (Lipinski definition) is 2. The van der Waals surface area contributed by atoms with Crippen molar-refractivity contribution in [2.24, 2.45) is 0 Å². The van der Waals surface area contributed by atoms with Crippen molar-refractivity contribution in [2.45, 2.75) is 55.9 Å². The molecule has 1 atom stereocenters. The van der Waals surface area contributed by atoms with Crippen molar-refractivity contribution < 1.29 is 44.3 Å². The van der Waals surface area contributed by atoms with E-state index in [4.69, 9.17) is 11.6 Å². The highest BCUT2D eigenvalue weighted by atomic mass is 35.5. The first-order valence-corrected chi connectivity index (χ1v) is 15.1. The molecule has 0 fully saturated rings. The normalized spacial score (nSPS) is 15.7. The Labute approximate surface area is 254 Å². The van der Waals surface area contributed by atoms with Crippen LogP contribution in [0.15, 0.2) is 65.6 Å². The van der Waals surface area contributed by atoms with Crippen LogP contribution >= 0.6 is 11.6 Å². The van der Waals surface area contributed by atoms with Crippen LogP contribution in [0.2, 0.25) is 5.02 Å². The Morgan fingerprint density at radius 1 is 0.932 bits per heavy atom. The lowest BCUT2D eigenvalue weighted by molar-refractivity contribution is -0.143. The van der Waals surface area contributed by atoms with E-state index in [1.807, 2.05) is 4.72 Å². The first kappa shape index (κ1) is 33.1. The number of sulfonamides is 1. The predicted octanol–water partition coefficient (Wildman–Crippen LogP) is 7.17. The molecule has 0 aromatic heterocycles. The second-order valence-electron chi connectivity index (χ2n) is 10.3. The van der Waals surface area contributed by atoms with E-state index >= 15 is 0 Å². The van der Waals surface area contributed by atoms with Gasteiger partial charge in [0.1, 0.15) is 0 Å². The molecule has 2 N–H and O–H groups in total. The molecule has 15 heteroatoms. The van der Waals surface area contributed by atoms with E-state index in [1.54, 1.807) is 25.1 Å². The quantitative estimate of drug-likeness (QED) is 0.274. The fraction of sp³-hybridized carbons (Fsp3) is 0.310. The molecule has 236 valence electrons. The minimum absolute atomic E-state index is 0.0189. The maximum Gasteiger partial charge on any atom is 0.416 e. The SMILES string of the molecule is Cc1ccc(S(=O)(=O)NC(=O)N2CCCC(NC(=O)CCc3cc(C(F)(F)F)cc(C(F)(F)F)c3)c3ccc(Cl)cc32)cc1. The Hall–Kier alpha value is -3.78. The predicted molar refractivity (Wildman–Crippen MR) is 151 cm³/mol. The fourth-order valence-electron chi connectivity index (χ4n) is 4.77. The summed E-state index contributed by atoms with van der Waals surface area (Å²) in [6.07, 6.45) is -10.3. The van der Waals surface area contributed by atoms with E-state index in [9.17, 15) is 44.3 Å². The van der Waals surface area contributed by atoms with Crippen LogP contribution in [0.25, 0.3) is 0 Å². The van der Waals surface area contributed by atoms with Crippen LogP contribution in [0.4, 0.5) is 36.8 Å². The van der Waals surface area contributed by atoms with Gasteiger partial charge in [-0.3, -0.25) is 9.69 Å². The standard InChI is InChI=1S/C29H26ClF6N3O4S/c1-17-4-8-22(9-5-17)44(42,43)38-27(41)39-12-2-3-24(23-10-7-21(30)16-25(23)39)37-26(40)11-6-18-13-19(28(31,32)33)15-20(14-18)29(34,35)36/h4-5,7-10,13-16,24H,2-3,6,11-12H2,1H3,(H,37,40)(H,38,41). The number of fused-ring (bicyclic) bond motifs is 1. The van der Waals surface area contributed by atoms with E-state index in [1.165, 1.54) is 29.2 Å². The van der Waals surface area contributed by atoms with Gasteiger partial charge in [-0.15, -0.1) is 0 Å². The van der Waals surface area contributed by atoms with Gasteiger partial charge in [-0.1, -0.05) is 35.4 Å². The molecule has 1 heterocycles. The molecule has 0 bridgehead atoms. The number of carbonyl (C=O) groups is 2. The Bertz CT molecular complexity index is 1630.